The quantitative estimate of drug-likeness (QED) is 0.770. The highest BCUT2D eigenvalue weighted by atomic mass is 32.2. The summed E-state index contributed by atoms with van der Waals surface area (Å²) in [6, 6.07) is -0.670. The van der Waals surface area contributed by atoms with E-state index in [9.17, 15) is 9.59 Å². The Morgan fingerprint density at radius 1 is 1.41 bits per heavy atom. The Bertz CT molecular complexity index is 329. The fourth-order valence-electron chi connectivity index (χ4n) is 2.71. The van der Waals surface area contributed by atoms with Gasteiger partial charge in [-0.25, -0.2) is 4.79 Å². The van der Waals surface area contributed by atoms with Crippen LogP contribution >= 0.6 is 11.8 Å². The second kappa shape index (κ2) is 4.86. The molecule has 2 aliphatic rings. The zero-order valence-electron chi connectivity index (χ0n) is 9.72. The van der Waals surface area contributed by atoms with Crippen molar-refractivity contribution in [2.45, 2.75) is 31.7 Å². The lowest BCUT2D eigenvalue weighted by atomic mass is 9.84. The number of hydrogen-bond donors (Lipinski definition) is 2. The number of carboxylic acids is 1. The molecular weight excluding hydrogens is 240 g/mol. The van der Waals surface area contributed by atoms with E-state index in [1.165, 1.54) is 16.7 Å². The van der Waals surface area contributed by atoms with E-state index < -0.39 is 17.4 Å². The molecule has 1 aliphatic heterocycles. The molecule has 1 amide bonds. The number of aliphatic carboxylic acids is 1. The van der Waals surface area contributed by atoms with Gasteiger partial charge in [0.2, 0.25) is 5.91 Å². The van der Waals surface area contributed by atoms with Gasteiger partial charge in [-0.2, -0.15) is 0 Å². The van der Waals surface area contributed by atoms with Gasteiger partial charge >= 0.3 is 5.97 Å². The van der Waals surface area contributed by atoms with Crippen molar-refractivity contribution < 1.29 is 14.7 Å². The molecule has 0 aromatic rings. The van der Waals surface area contributed by atoms with Crippen LogP contribution in [-0.2, 0) is 9.59 Å². The summed E-state index contributed by atoms with van der Waals surface area (Å²) in [7, 11) is 0. The Hall–Kier alpha value is -0.750. The number of carbonyl (C=O) groups is 2. The minimum Gasteiger partial charge on any atom is -0.480 e. The van der Waals surface area contributed by atoms with Crippen molar-refractivity contribution in [3.63, 3.8) is 0 Å². The molecule has 6 heteroatoms. The Morgan fingerprint density at radius 2 is 2.06 bits per heavy atom. The van der Waals surface area contributed by atoms with Crippen molar-refractivity contribution in [3.05, 3.63) is 0 Å². The molecule has 0 unspecified atom stereocenters. The summed E-state index contributed by atoms with van der Waals surface area (Å²) in [4.78, 5) is 25.1. The predicted octanol–water partition coefficient (Wildman–Crippen LogP) is 0.492. The first-order chi connectivity index (χ1) is 8.10. The van der Waals surface area contributed by atoms with Gasteiger partial charge < -0.3 is 15.7 Å². The second-order valence-corrected chi connectivity index (χ2v) is 5.82. The largest absolute Gasteiger partial charge is 0.480 e. The Balaban J connectivity index is 2.15. The topological polar surface area (TPSA) is 83.6 Å². The van der Waals surface area contributed by atoms with E-state index in [4.69, 9.17) is 10.8 Å². The van der Waals surface area contributed by atoms with Gasteiger partial charge in [-0.3, -0.25) is 4.79 Å². The summed E-state index contributed by atoms with van der Waals surface area (Å²) in [6.45, 7) is 0.333. The summed E-state index contributed by atoms with van der Waals surface area (Å²) in [5, 5.41) is 9.09. The summed E-state index contributed by atoms with van der Waals surface area (Å²) < 4.78 is 0. The van der Waals surface area contributed by atoms with E-state index in [-0.39, 0.29) is 5.91 Å². The van der Waals surface area contributed by atoms with Crippen LogP contribution in [0.25, 0.3) is 0 Å². The molecule has 0 bridgehead atoms. The van der Waals surface area contributed by atoms with Gasteiger partial charge in [0, 0.05) is 12.3 Å². The predicted molar refractivity (Wildman–Crippen MR) is 65.6 cm³/mol. The average Bonchev–Trinajstić information content (AvgIpc) is 2.98. The fourth-order valence-corrected chi connectivity index (χ4v) is 3.85. The van der Waals surface area contributed by atoms with Crippen LogP contribution in [0.1, 0.15) is 25.7 Å². The van der Waals surface area contributed by atoms with Crippen LogP contribution in [0.3, 0.4) is 0 Å². The Labute approximate surface area is 105 Å². The molecule has 1 atom stereocenters. The molecule has 5 nitrogen and oxygen atoms in total. The molecule has 0 aromatic carbocycles. The zero-order valence-corrected chi connectivity index (χ0v) is 10.5. The summed E-state index contributed by atoms with van der Waals surface area (Å²) in [6.07, 6.45) is 3.63. The van der Waals surface area contributed by atoms with Gasteiger partial charge in [-0.15, -0.1) is 11.8 Å². The minimum absolute atomic E-state index is 0.0464. The number of carboxylic acid groups (broad SMARTS) is 1. The van der Waals surface area contributed by atoms with Crippen LogP contribution in [-0.4, -0.2) is 46.1 Å². The number of amides is 1. The molecule has 17 heavy (non-hydrogen) atoms. The standard InChI is InChI=1S/C11H18N2O3S/c12-6-11(3-1-2-4-11)10(16)13-7-17-5-8(13)9(14)15/h8H,1-7,12H2,(H,14,15)/t8-/m0/s1. The molecule has 2 rings (SSSR count). The van der Waals surface area contributed by atoms with Crippen molar-refractivity contribution in [2.24, 2.45) is 11.1 Å². The number of nitrogens with zero attached hydrogens (tertiary/aromatic N) is 1. The maximum absolute atomic E-state index is 12.5. The van der Waals surface area contributed by atoms with Crippen molar-refractivity contribution in [3.8, 4) is 0 Å². The molecular formula is C11H18N2O3S. The Morgan fingerprint density at radius 3 is 2.59 bits per heavy atom. The molecule has 1 saturated heterocycles. The van der Waals surface area contributed by atoms with E-state index in [0.29, 0.717) is 18.2 Å². The number of nitrogens with two attached hydrogens (primary N) is 1. The van der Waals surface area contributed by atoms with Gasteiger partial charge in [-0.1, -0.05) is 12.8 Å². The molecule has 0 aromatic heterocycles. The van der Waals surface area contributed by atoms with E-state index in [1.807, 2.05) is 0 Å². The van der Waals surface area contributed by atoms with Gasteiger partial charge in [0.25, 0.3) is 0 Å². The maximum atomic E-state index is 12.5. The Kier molecular flexibility index (Phi) is 3.63. The fraction of sp³-hybridized carbons (Fsp3) is 0.818. The third kappa shape index (κ3) is 2.15. The molecule has 3 N–H and O–H groups in total. The number of hydrogen-bond acceptors (Lipinski definition) is 4. The van der Waals surface area contributed by atoms with Gasteiger partial charge in [0.05, 0.1) is 11.3 Å². The van der Waals surface area contributed by atoms with E-state index >= 15 is 0 Å². The highest BCUT2D eigenvalue weighted by Gasteiger charge is 2.46. The van der Waals surface area contributed by atoms with Crippen molar-refractivity contribution >= 4 is 23.6 Å². The van der Waals surface area contributed by atoms with E-state index in [0.717, 1.165) is 25.7 Å². The van der Waals surface area contributed by atoms with Gasteiger partial charge in [0.1, 0.15) is 6.04 Å². The number of rotatable bonds is 3. The monoisotopic (exact) mass is 258 g/mol. The highest BCUT2D eigenvalue weighted by Crippen LogP contribution is 2.40. The second-order valence-electron chi connectivity index (χ2n) is 4.82. The van der Waals surface area contributed by atoms with Crippen LogP contribution in [0.2, 0.25) is 0 Å². The highest BCUT2D eigenvalue weighted by molar-refractivity contribution is 7.99. The van der Waals surface area contributed by atoms with Crippen molar-refractivity contribution in [2.75, 3.05) is 18.2 Å². The van der Waals surface area contributed by atoms with Crippen LogP contribution in [0.15, 0.2) is 0 Å². The normalized spacial score (nSPS) is 27.4. The molecule has 1 aliphatic carbocycles. The average molecular weight is 258 g/mol. The third-order valence-corrected chi connectivity index (χ3v) is 4.85. The van der Waals surface area contributed by atoms with E-state index in [1.54, 1.807) is 0 Å². The zero-order chi connectivity index (χ0) is 12.5. The molecule has 0 radical (unpaired) electrons. The van der Waals surface area contributed by atoms with Gasteiger partial charge in [-0.05, 0) is 12.8 Å². The van der Waals surface area contributed by atoms with Crippen LogP contribution < -0.4 is 5.73 Å². The SMILES string of the molecule is NCC1(C(=O)N2CSC[C@H]2C(=O)O)CCCC1. The molecule has 0 spiro atoms. The lowest BCUT2D eigenvalue weighted by molar-refractivity contribution is -0.152. The first-order valence-electron chi connectivity index (χ1n) is 5.92. The van der Waals surface area contributed by atoms with Crippen molar-refractivity contribution in [1.82, 2.24) is 4.90 Å². The van der Waals surface area contributed by atoms with E-state index in [2.05, 4.69) is 0 Å². The molecule has 2 fully saturated rings. The number of carbonyl (C=O) groups excluding carboxylic acids is 1. The third-order valence-electron chi connectivity index (χ3n) is 3.83. The number of thioether (sulfide) groups is 1. The van der Waals surface area contributed by atoms with Crippen LogP contribution in [0, 0.1) is 5.41 Å². The van der Waals surface area contributed by atoms with Gasteiger partial charge in [0.15, 0.2) is 0 Å². The summed E-state index contributed by atoms with van der Waals surface area (Å²) in [5.74, 6) is 0.0163. The summed E-state index contributed by atoms with van der Waals surface area (Å²) >= 11 is 1.50. The first-order valence-corrected chi connectivity index (χ1v) is 7.08. The lowest BCUT2D eigenvalue weighted by Crippen LogP contribution is -2.51. The molecule has 96 valence electrons. The van der Waals surface area contributed by atoms with Crippen LogP contribution in [0.5, 0.6) is 0 Å². The lowest BCUT2D eigenvalue weighted by Gasteiger charge is -2.32. The molecule has 1 saturated carbocycles. The maximum Gasteiger partial charge on any atom is 0.327 e. The van der Waals surface area contributed by atoms with Crippen molar-refractivity contribution in [1.29, 1.82) is 0 Å². The minimum atomic E-state index is -0.909. The first kappa shape index (κ1) is 12.7. The smallest absolute Gasteiger partial charge is 0.327 e. The molecule has 1 heterocycles. The van der Waals surface area contributed by atoms with Crippen LogP contribution in [0.4, 0.5) is 0 Å². The summed E-state index contributed by atoms with van der Waals surface area (Å²) in [5.41, 5.74) is 5.27.